The molecule has 1 N–H and O–H groups in total. The average Bonchev–Trinajstić information content (AvgIpc) is 2.21. The van der Waals surface area contributed by atoms with Gasteiger partial charge in [0.05, 0.1) is 18.8 Å². The molecule has 0 heterocycles. The van der Waals surface area contributed by atoms with Gasteiger partial charge in [-0.05, 0) is 19.3 Å². The number of ether oxygens (including phenoxy) is 1. The maximum absolute atomic E-state index is 10.9. The highest BCUT2D eigenvalue weighted by Gasteiger charge is 2.15. The van der Waals surface area contributed by atoms with Gasteiger partial charge in [-0.1, -0.05) is 19.1 Å². The van der Waals surface area contributed by atoms with Crippen molar-refractivity contribution in [3.05, 3.63) is 24.8 Å². The van der Waals surface area contributed by atoms with Gasteiger partial charge in [0, 0.05) is 0 Å². The van der Waals surface area contributed by atoms with Gasteiger partial charge in [-0.3, -0.25) is 0 Å². The van der Waals surface area contributed by atoms with Crippen molar-refractivity contribution in [2.75, 3.05) is 7.11 Å². The molecule has 0 spiro atoms. The van der Waals surface area contributed by atoms with E-state index in [1.54, 1.807) is 0 Å². The summed E-state index contributed by atoms with van der Waals surface area (Å²) in [6, 6.07) is 0. The summed E-state index contributed by atoms with van der Waals surface area (Å²) in [7, 11) is 1.28. The molecule has 14 heavy (non-hydrogen) atoms. The summed E-state index contributed by atoms with van der Waals surface area (Å²) in [5.74, 6) is -0.541. The number of carbonyl (C=O) groups is 1. The Hall–Kier alpha value is -1.09. The summed E-state index contributed by atoms with van der Waals surface area (Å²) in [6.07, 6.45) is 4.34. The van der Waals surface area contributed by atoms with E-state index in [-0.39, 0.29) is 5.57 Å². The van der Waals surface area contributed by atoms with Gasteiger partial charge >= 0.3 is 5.97 Å². The Balaban J connectivity index is 3.72. The van der Waals surface area contributed by atoms with E-state index in [2.05, 4.69) is 17.9 Å². The van der Waals surface area contributed by atoms with E-state index in [0.717, 1.165) is 19.3 Å². The van der Waals surface area contributed by atoms with E-state index in [1.807, 2.05) is 6.08 Å². The largest absolute Gasteiger partial charge is 0.466 e. The van der Waals surface area contributed by atoms with Gasteiger partial charge in [-0.2, -0.15) is 0 Å². The van der Waals surface area contributed by atoms with Crippen LogP contribution in [0, 0.1) is 0 Å². The molecule has 0 aromatic rings. The van der Waals surface area contributed by atoms with Crippen molar-refractivity contribution >= 4 is 5.97 Å². The molecular weight excluding hydrogens is 180 g/mol. The summed E-state index contributed by atoms with van der Waals surface area (Å²) >= 11 is 0. The zero-order valence-corrected chi connectivity index (χ0v) is 8.66. The number of rotatable bonds is 7. The molecule has 0 aliphatic heterocycles. The predicted molar refractivity (Wildman–Crippen MR) is 55.8 cm³/mol. The van der Waals surface area contributed by atoms with Gasteiger partial charge in [0.1, 0.15) is 0 Å². The highest BCUT2D eigenvalue weighted by Crippen LogP contribution is 2.11. The topological polar surface area (TPSA) is 46.5 Å². The van der Waals surface area contributed by atoms with Crippen LogP contribution in [-0.4, -0.2) is 24.3 Å². The van der Waals surface area contributed by atoms with Gasteiger partial charge in [0.25, 0.3) is 0 Å². The molecule has 0 saturated carbocycles. The molecule has 0 aliphatic rings. The number of allylic oxidation sites excluding steroid dienone is 1. The zero-order chi connectivity index (χ0) is 11.0. The van der Waals surface area contributed by atoms with Crippen molar-refractivity contribution in [3.8, 4) is 0 Å². The first kappa shape index (κ1) is 12.9. The number of hydrogen-bond acceptors (Lipinski definition) is 3. The van der Waals surface area contributed by atoms with Crippen LogP contribution >= 0.6 is 0 Å². The van der Waals surface area contributed by atoms with Crippen LogP contribution < -0.4 is 0 Å². The fourth-order valence-corrected chi connectivity index (χ4v) is 1.07. The smallest absolute Gasteiger partial charge is 0.335 e. The van der Waals surface area contributed by atoms with Gasteiger partial charge in [0.2, 0.25) is 0 Å². The van der Waals surface area contributed by atoms with Crippen LogP contribution in [0.4, 0.5) is 0 Å². The van der Waals surface area contributed by atoms with Crippen LogP contribution in [0.3, 0.4) is 0 Å². The predicted octanol–water partition coefficient (Wildman–Crippen LogP) is 1.82. The Morgan fingerprint density at radius 1 is 1.57 bits per heavy atom. The maximum atomic E-state index is 10.9. The molecule has 80 valence electrons. The van der Waals surface area contributed by atoms with Crippen molar-refractivity contribution in [3.63, 3.8) is 0 Å². The number of aliphatic hydroxyl groups is 1. The third kappa shape index (κ3) is 4.82. The van der Waals surface area contributed by atoms with Crippen molar-refractivity contribution in [2.45, 2.75) is 31.8 Å². The minimum atomic E-state index is -0.785. The van der Waals surface area contributed by atoms with Gasteiger partial charge in [0.15, 0.2) is 0 Å². The number of unbranched alkanes of at least 4 members (excludes halogenated alkanes) is 2. The number of carbonyl (C=O) groups excluding carboxylic acids is 1. The number of hydrogen-bond donors (Lipinski definition) is 1. The molecule has 0 unspecified atom stereocenters. The van der Waals surface area contributed by atoms with Crippen LogP contribution in [0.2, 0.25) is 0 Å². The van der Waals surface area contributed by atoms with Gasteiger partial charge < -0.3 is 9.84 Å². The first-order chi connectivity index (χ1) is 6.63. The van der Waals surface area contributed by atoms with Crippen molar-refractivity contribution in [2.24, 2.45) is 0 Å². The lowest BCUT2D eigenvalue weighted by Gasteiger charge is -2.10. The van der Waals surface area contributed by atoms with Crippen LogP contribution in [0.25, 0.3) is 0 Å². The number of aliphatic hydroxyl groups excluding tert-OH is 1. The van der Waals surface area contributed by atoms with E-state index in [0.29, 0.717) is 6.42 Å². The van der Waals surface area contributed by atoms with Crippen molar-refractivity contribution < 1.29 is 14.6 Å². The maximum Gasteiger partial charge on any atom is 0.335 e. The molecule has 0 rings (SSSR count). The van der Waals surface area contributed by atoms with Crippen molar-refractivity contribution in [1.82, 2.24) is 0 Å². The van der Waals surface area contributed by atoms with Crippen molar-refractivity contribution in [1.29, 1.82) is 0 Å². The fraction of sp³-hybridized carbons (Fsp3) is 0.545. The lowest BCUT2D eigenvalue weighted by molar-refractivity contribution is -0.137. The molecule has 0 fully saturated rings. The quantitative estimate of drug-likeness (QED) is 0.294. The Bertz CT molecular complexity index is 209. The van der Waals surface area contributed by atoms with Crippen LogP contribution in [0.1, 0.15) is 25.7 Å². The van der Waals surface area contributed by atoms with Gasteiger partial charge in [-0.15, -0.1) is 6.58 Å². The summed E-state index contributed by atoms with van der Waals surface area (Å²) in [5.41, 5.74) is 0.131. The summed E-state index contributed by atoms with van der Waals surface area (Å²) in [6.45, 7) is 7.08. The standard InChI is InChI=1S/C11H18O3/c1-4-5-6-7-8-10(12)9(2)11(13)14-3/h4,10,12H,1-2,5-8H2,3H3/t10-/m0/s1. The second-order valence-electron chi connectivity index (χ2n) is 3.11. The number of esters is 1. The third-order valence-electron chi connectivity index (χ3n) is 1.99. The molecule has 0 aliphatic carbocycles. The molecule has 0 amide bonds. The zero-order valence-electron chi connectivity index (χ0n) is 8.66. The van der Waals surface area contributed by atoms with Crippen LogP contribution in [0.15, 0.2) is 24.8 Å². The lowest BCUT2D eigenvalue weighted by atomic mass is 10.0. The van der Waals surface area contributed by atoms with Gasteiger partial charge in [-0.25, -0.2) is 4.79 Å². The van der Waals surface area contributed by atoms with Crippen LogP contribution in [0.5, 0.6) is 0 Å². The summed E-state index contributed by atoms with van der Waals surface area (Å²) in [5, 5.41) is 9.49. The molecule has 0 saturated heterocycles. The van der Waals surface area contributed by atoms with E-state index >= 15 is 0 Å². The molecule has 0 bridgehead atoms. The Morgan fingerprint density at radius 3 is 2.71 bits per heavy atom. The Labute approximate surface area is 85.1 Å². The highest BCUT2D eigenvalue weighted by molar-refractivity contribution is 5.88. The monoisotopic (exact) mass is 198 g/mol. The fourth-order valence-electron chi connectivity index (χ4n) is 1.07. The Morgan fingerprint density at radius 2 is 2.21 bits per heavy atom. The second-order valence-corrected chi connectivity index (χ2v) is 3.11. The van der Waals surface area contributed by atoms with E-state index in [4.69, 9.17) is 0 Å². The minimum Gasteiger partial charge on any atom is -0.466 e. The van der Waals surface area contributed by atoms with E-state index < -0.39 is 12.1 Å². The molecule has 3 nitrogen and oxygen atoms in total. The SMILES string of the molecule is C=CCCCC[C@H](O)C(=C)C(=O)OC. The average molecular weight is 198 g/mol. The van der Waals surface area contributed by atoms with E-state index in [1.165, 1.54) is 7.11 Å². The lowest BCUT2D eigenvalue weighted by Crippen LogP contribution is -2.18. The minimum absolute atomic E-state index is 0.131. The van der Waals surface area contributed by atoms with E-state index in [9.17, 15) is 9.90 Å². The first-order valence-corrected chi connectivity index (χ1v) is 4.69. The molecule has 0 aromatic carbocycles. The first-order valence-electron chi connectivity index (χ1n) is 4.69. The highest BCUT2D eigenvalue weighted by atomic mass is 16.5. The normalized spacial score (nSPS) is 11.9. The molecule has 3 heteroatoms. The molecule has 0 radical (unpaired) electrons. The summed E-state index contributed by atoms with van der Waals surface area (Å²) in [4.78, 5) is 10.9. The molecule has 1 atom stereocenters. The number of methoxy groups -OCH3 is 1. The van der Waals surface area contributed by atoms with Crippen LogP contribution in [-0.2, 0) is 9.53 Å². The second kappa shape index (κ2) is 7.33. The summed E-state index contributed by atoms with van der Waals surface area (Å²) < 4.78 is 4.45. The molecule has 0 aromatic heterocycles. The third-order valence-corrected chi connectivity index (χ3v) is 1.99. The molecular formula is C11H18O3. The Kier molecular flexibility index (Phi) is 6.76.